The Labute approximate surface area is 278 Å². The molecule has 2 nitrogen and oxygen atoms in total. The maximum Gasteiger partial charge on any atom is 0.633 e. The summed E-state index contributed by atoms with van der Waals surface area (Å²) in [4.78, 5) is 0. The predicted octanol–water partition coefficient (Wildman–Crippen LogP) is 10.2. The highest BCUT2D eigenvalue weighted by Gasteiger charge is 2.39. The van der Waals surface area contributed by atoms with E-state index in [0.717, 1.165) is 24.3 Å². The maximum atomic E-state index is 15.9. The van der Waals surface area contributed by atoms with Gasteiger partial charge in [-0.15, -0.1) is 0 Å². The van der Waals surface area contributed by atoms with Crippen molar-refractivity contribution in [3.8, 4) is 22.6 Å². The van der Waals surface area contributed by atoms with Gasteiger partial charge in [-0.1, -0.05) is 24.3 Å². The van der Waals surface area contributed by atoms with Crippen molar-refractivity contribution in [2.75, 3.05) is 0 Å². The van der Waals surface area contributed by atoms with Crippen LogP contribution < -0.4 is 14.8 Å². The quantitative estimate of drug-likeness (QED) is 0.0731. The lowest BCUT2D eigenvalue weighted by Gasteiger charge is -2.23. The molecule has 0 unspecified atom stereocenters. The molecule has 0 aliphatic rings. The molecule has 0 spiro atoms. The average molecular weight is 744 g/mol. The van der Waals surface area contributed by atoms with Gasteiger partial charge in [0.1, 0.15) is 5.75 Å². The smallest absolute Gasteiger partial charge is 0.520 e. The van der Waals surface area contributed by atoms with Gasteiger partial charge in [0, 0.05) is 21.8 Å². The van der Waals surface area contributed by atoms with Crippen LogP contribution in [0.4, 0.5) is 65.9 Å². The van der Waals surface area contributed by atoms with Crippen LogP contribution in [0.3, 0.4) is 0 Å². The van der Waals surface area contributed by atoms with Crippen LogP contribution in [0.2, 0.25) is 0 Å². The molecule has 0 saturated heterocycles. The van der Waals surface area contributed by atoms with Crippen LogP contribution in [-0.2, 0) is 0 Å². The fourth-order valence-corrected chi connectivity index (χ4v) is 5.86. The Hall–Kier alpha value is -5.81. The van der Waals surface area contributed by atoms with Crippen molar-refractivity contribution in [2.24, 2.45) is 0 Å². The minimum absolute atomic E-state index is 0.302. The Balaban J connectivity index is 1.58. The third-order valence-electron chi connectivity index (χ3n) is 8.18. The third-order valence-corrected chi connectivity index (χ3v) is 8.18. The molecule has 7 rings (SSSR count). The molecule has 7 aromatic carbocycles. The van der Waals surface area contributed by atoms with Crippen molar-refractivity contribution in [2.45, 2.75) is 0 Å². The highest BCUT2D eigenvalue weighted by molar-refractivity contribution is 6.64. The van der Waals surface area contributed by atoms with Crippen LogP contribution in [-0.4, -0.2) is 7.12 Å². The Bertz CT molecular complexity index is 2640. The molecule has 0 radical (unpaired) electrons. The number of benzene rings is 7. The molecular formula is C34H8BF15O2. The van der Waals surface area contributed by atoms with Crippen molar-refractivity contribution in [3.63, 3.8) is 0 Å². The van der Waals surface area contributed by atoms with Crippen LogP contribution >= 0.6 is 0 Å². The summed E-state index contributed by atoms with van der Waals surface area (Å²) in [5.74, 6) is -37.2. The predicted molar refractivity (Wildman–Crippen MR) is 154 cm³/mol. The van der Waals surface area contributed by atoms with E-state index in [-0.39, 0.29) is 0 Å². The molecule has 52 heavy (non-hydrogen) atoms. The van der Waals surface area contributed by atoms with Crippen molar-refractivity contribution in [1.82, 2.24) is 0 Å². The molecule has 18 heteroatoms. The van der Waals surface area contributed by atoms with Crippen molar-refractivity contribution >= 4 is 44.9 Å². The maximum absolute atomic E-state index is 15.9. The summed E-state index contributed by atoms with van der Waals surface area (Å²) < 4.78 is 234. The summed E-state index contributed by atoms with van der Waals surface area (Å²) in [5.41, 5.74) is -2.11. The van der Waals surface area contributed by atoms with Crippen LogP contribution in [0, 0.1) is 87.3 Å². The zero-order chi connectivity index (χ0) is 37.7. The molecule has 0 heterocycles. The lowest BCUT2D eigenvalue weighted by Crippen LogP contribution is -2.44. The lowest BCUT2D eigenvalue weighted by atomic mass is 9.73. The zero-order valence-corrected chi connectivity index (χ0v) is 24.7. The molecule has 264 valence electrons. The Morgan fingerprint density at radius 2 is 0.788 bits per heavy atom. The largest absolute Gasteiger partial charge is 0.633 e. The first-order valence-corrected chi connectivity index (χ1v) is 14.2. The highest BCUT2D eigenvalue weighted by atomic mass is 19.2. The molecule has 0 aromatic heterocycles. The Kier molecular flexibility index (Phi) is 8.10. The molecule has 0 atom stereocenters. The topological polar surface area (TPSA) is 18.5 Å². The first-order valence-electron chi connectivity index (χ1n) is 14.2. The van der Waals surface area contributed by atoms with Gasteiger partial charge in [-0.25, -0.2) is 57.1 Å². The SMILES string of the molecule is Fc1ccc(OB(Oc2c(F)c(F)c3c(F)c(F)c4c(F)c(F)c(F)c5c(F)c(F)c2c3c45)c2ccccc2-c2ccc(F)c(F)c2F)c(F)c1F. The fraction of sp³-hybridized carbons (Fsp3) is 0. The standard InChI is InChI=1S/C34H8BF15O2/c36-12-6-5-10(21(38)22(12)39)9-3-1-2-4-11(9)35(51-14-8-7-13(37)23(40)24(14)41)52-34-20-16-15-17(25(42)26(43)19(16)30(47)33(34)50)28(45)32(49)29(46)18(15)27(44)31(20)48/h1-8H. The number of halogens is 15. The summed E-state index contributed by atoms with van der Waals surface area (Å²) in [5, 5.41) is -10.4. The first-order chi connectivity index (χ1) is 24.6. The number of hydrogen-bond acceptors (Lipinski definition) is 2. The minimum Gasteiger partial charge on any atom is -0.520 e. The van der Waals surface area contributed by atoms with Crippen molar-refractivity contribution in [1.29, 1.82) is 0 Å². The average Bonchev–Trinajstić information content (AvgIpc) is 3.12. The van der Waals surface area contributed by atoms with Gasteiger partial charge in [0.05, 0.1) is 21.5 Å². The summed E-state index contributed by atoms with van der Waals surface area (Å²) >= 11 is 0. The Morgan fingerprint density at radius 3 is 1.38 bits per heavy atom. The van der Waals surface area contributed by atoms with E-state index in [1.165, 1.54) is 0 Å². The summed E-state index contributed by atoms with van der Waals surface area (Å²) in [7, 11) is -2.69. The number of hydrogen-bond donors (Lipinski definition) is 0. The molecule has 0 amide bonds. The van der Waals surface area contributed by atoms with E-state index < -0.39 is 155 Å². The van der Waals surface area contributed by atoms with Gasteiger partial charge in [-0.05, 0) is 29.8 Å². The van der Waals surface area contributed by atoms with Crippen LogP contribution in [0.5, 0.6) is 11.5 Å². The first kappa shape index (κ1) is 34.6. The molecule has 7 aromatic rings. The van der Waals surface area contributed by atoms with E-state index in [1.807, 2.05) is 0 Å². The van der Waals surface area contributed by atoms with Gasteiger partial charge in [-0.2, -0.15) is 8.78 Å². The molecule has 0 bridgehead atoms. The van der Waals surface area contributed by atoms with Crippen LogP contribution in [0.25, 0.3) is 43.4 Å². The third kappa shape index (κ3) is 4.79. The molecule has 0 aliphatic heterocycles. The van der Waals surface area contributed by atoms with Gasteiger partial charge < -0.3 is 9.31 Å². The number of rotatable bonds is 6. The van der Waals surface area contributed by atoms with E-state index >= 15 is 30.7 Å². The molecule has 0 aliphatic carbocycles. The second-order valence-electron chi connectivity index (χ2n) is 11.0. The van der Waals surface area contributed by atoms with Crippen molar-refractivity contribution < 1.29 is 75.2 Å². The summed E-state index contributed by atoms with van der Waals surface area (Å²) in [6.45, 7) is 0. The second kappa shape index (κ2) is 12.2. The van der Waals surface area contributed by atoms with Gasteiger partial charge in [0.15, 0.2) is 87.2 Å². The van der Waals surface area contributed by atoms with E-state index in [4.69, 9.17) is 9.31 Å². The summed E-state index contributed by atoms with van der Waals surface area (Å²) in [6, 6.07) is 5.87. The van der Waals surface area contributed by atoms with Gasteiger partial charge in [0.2, 0.25) is 5.82 Å². The van der Waals surface area contributed by atoms with Gasteiger partial charge in [0.25, 0.3) is 0 Å². The van der Waals surface area contributed by atoms with E-state index in [0.29, 0.717) is 24.3 Å². The van der Waals surface area contributed by atoms with Crippen molar-refractivity contribution in [3.05, 3.63) is 136 Å². The fourth-order valence-electron chi connectivity index (χ4n) is 5.86. The summed E-state index contributed by atoms with van der Waals surface area (Å²) in [6.07, 6.45) is 0. The van der Waals surface area contributed by atoms with E-state index in [1.54, 1.807) is 0 Å². The van der Waals surface area contributed by atoms with Crippen LogP contribution in [0.1, 0.15) is 0 Å². The monoisotopic (exact) mass is 744 g/mol. The van der Waals surface area contributed by atoms with E-state index in [2.05, 4.69) is 0 Å². The molecule has 0 N–H and O–H groups in total. The molecule has 0 fully saturated rings. The zero-order valence-electron chi connectivity index (χ0n) is 24.7. The van der Waals surface area contributed by atoms with Crippen LogP contribution in [0.15, 0.2) is 48.5 Å². The van der Waals surface area contributed by atoms with Gasteiger partial charge in [-0.3, -0.25) is 0 Å². The lowest BCUT2D eigenvalue weighted by molar-refractivity contribution is 0.379. The molecule has 0 saturated carbocycles. The minimum atomic E-state index is -2.69. The van der Waals surface area contributed by atoms with E-state index in [9.17, 15) is 35.1 Å². The second-order valence-corrected chi connectivity index (χ2v) is 11.0. The normalized spacial score (nSPS) is 11.8. The van der Waals surface area contributed by atoms with Gasteiger partial charge >= 0.3 is 7.12 Å². The Morgan fingerprint density at radius 1 is 0.327 bits per heavy atom. The molecular weight excluding hydrogens is 736 g/mol. The highest BCUT2D eigenvalue weighted by Crippen LogP contribution is 2.48.